The van der Waals surface area contributed by atoms with Crippen LogP contribution in [0, 0.1) is 0 Å². The van der Waals surface area contributed by atoms with E-state index in [1.54, 1.807) is 0 Å². The lowest BCUT2D eigenvalue weighted by Gasteiger charge is -2.16. The third-order valence-corrected chi connectivity index (χ3v) is 1.39. The Bertz CT molecular complexity index is 343. The number of rotatable bonds is 6. The number of aliphatic hydroxyl groups is 4. The molecule has 0 aromatic heterocycles. The topological polar surface area (TPSA) is 134 Å². The first kappa shape index (κ1) is 16.0. The van der Waals surface area contributed by atoms with Crippen molar-refractivity contribution in [3.8, 4) is 0 Å². The first-order valence-electron chi connectivity index (χ1n) is 4.42. The van der Waals surface area contributed by atoms with Gasteiger partial charge in [-0.25, -0.2) is 9.59 Å². The Hall–Kier alpha value is -2.00. The van der Waals surface area contributed by atoms with Crippen LogP contribution in [0.2, 0.25) is 0 Å². The highest BCUT2D eigenvalue weighted by atomic mass is 16.8. The van der Waals surface area contributed by atoms with Crippen LogP contribution in [0.15, 0.2) is 37.5 Å². The lowest BCUT2D eigenvalue weighted by Crippen LogP contribution is -2.32. The van der Waals surface area contributed by atoms with Crippen LogP contribution in [-0.4, -0.2) is 44.3 Å². The van der Waals surface area contributed by atoms with Gasteiger partial charge in [-0.2, -0.15) is 0 Å². The Morgan fingerprint density at radius 2 is 1.11 bits per heavy atom. The predicted molar refractivity (Wildman–Crippen MR) is 56.1 cm³/mol. The third-order valence-electron chi connectivity index (χ3n) is 1.39. The Labute approximate surface area is 102 Å². The second-order valence-electron chi connectivity index (χ2n) is 2.90. The van der Waals surface area contributed by atoms with Gasteiger partial charge in [0.2, 0.25) is 0 Å². The van der Waals surface area contributed by atoms with Crippen molar-refractivity contribution < 1.29 is 39.5 Å². The van der Waals surface area contributed by atoms with Crippen molar-refractivity contribution >= 4 is 11.9 Å². The lowest BCUT2D eigenvalue weighted by atomic mass is 10.4. The fourth-order valence-electron chi connectivity index (χ4n) is 0.584. The zero-order chi connectivity index (χ0) is 14.4. The van der Waals surface area contributed by atoms with Gasteiger partial charge in [-0.15, -0.1) is 0 Å². The average Bonchev–Trinajstić information content (AvgIpc) is 2.25. The maximum atomic E-state index is 10.9. The summed E-state index contributed by atoms with van der Waals surface area (Å²) in [5.41, 5.74) is 0. The van der Waals surface area contributed by atoms with E-state index in [9.17, 15) is 9.59 Å². The van der Waals surface area contributed by atoms with Crippen LogP contribution in [-0.2, 0) is 19.1 Å². The molecule has 8 heteroatoms. The van der Waals surface area contributed by atoms with Crippen molar-refractivity contribution in [3.63, 3.8) is 0 Å². The fourth-order valence-corrected chi connectivity index (χ4v) is 0.584. The van der Waals surface area contributed by atoms with Gasteiger partial charge in [0.15, 0.2) is 0 Å². The van der Waals surface area contributed by atoms with E-state index in [0.717, 1.165) is 0 Å². The van der Waals surface area contributed by atoms with Gasteiger partial charge >= 0.3 is 23.9 Å². The van der Waals surface area contributed by atoms with Crippen molar-refractivity contribution in [2.24, 2.45) is 0 Å². The second-order valence-corrected chi connectivity index (χ2v) is 2.90. The number of hydrogen-bond donors (Lipinski definition) is 4. The monoisotopic (exact) mass is 260 g/mol. The molecule has 8 nitrogen and oxygen atoms in total. The molecule has 0 amide bonds. The minimum absolute atomic E-state index is 0.478. The predicted octanol–water partition coefficient (Wildman–Crippen LogP) is -1.72. The molecule has 0 aliphatic carbocycles. The molecule has 0 unspecified atom stereocenters. The van der Waals surface area contributed by atoms with E-state index < -0.39 is 23.9 Å². The van der Waals surface area contributed by atoms with Gasteiger partial charge in [-0.3, -0.25) is 0 Å². The van der Waals surface area contributed by atoms with Crippen LogP contribution >= 0.6 is 0 Å². The van der Waals surface area contributed by atoms with Gasteiger partial charge in [0.05, 0.1) is 0 Å². The molecule has 0 bridgehead atoms. The highest BCUT2D eigenvalue weighted by Crippen LogP contribution is 2.05. The van der Waals surface area contributed by atoms with Crippen molar-refractivity contribution in [3.05, 3.63) is 37.5 Å². The van der Waals surface area contributed by atoms with Crippen LogP contribution < -0.4 is 0 Å². The van der Waals surface area contributed by atoms with Crippen LogP contribution in [0.25, 0.3) is 0 Å². The molecule has 4 N–H and O–H groups in total. The van der Waals surface area contributed by atoms with Crippen LogP contribution in [0.3, 0.4) is 0 Å². The highest BCUT2D eigenvalue weighted by molar-refractivity contribution is 5.91. The summed E-state index contributed by atoms with van der Waals surface area (Å²) in [6.07, 6.45) is 2.01. The van der Waals surface area contributed by atoms with E-state index in [2.05, 4.69) is 22.6 Å². The zero-order valence-corrected chi connectivity index (χ0v) is 9.15. The SMILES string of the molecule is C=CC(O)(O)OC(=O)/C=C\C(=O)OC(O)(O)C=C. The quantitative estimate of drug-likeness (QED) is 0.192. The van der Waals surface area contributed by atoms with Gasteiger partial charge < -0.3 is 29.9 Å². The van der Waals surface area contributed by atoms with Crippen LogP contribution in [0.4, 0.5) is 0 Å². The van der Waals surface area contributed by atoms with Crippen molar-refractivity contribution in [1.29, 1.82) is 0 Å². The number of carbonyl (C=O) groups excluding carboxylic acids is 2. The normalized spacial score (nSPS) is 12.0. The molecule has 0 spiro atoms. The van der Waals surface area contributed by atoms with Gasteiger partial charge in [0.1, 0.15) is 0 Å². The number of esters is 2. The van der Waals surface area contributed by atoms with Crippen molar-refractivity contribution in [2.75, 3.05) is 0 Å². The number of hydrogen-bond acceptors (Lipinski definition) is 8. The summed E-state index contributed by atoms with van der Waals surface area (Å²) >= 11 is 0. The van der Waals surface area contributed by atoms with E-state index in [-0.39, 0.29) is 0 Å². The summed E-state index contributed by atoms with van der Waals surface area (Å²) in [6, 6.07) is 0. The summed E-state index contributed by atoms with van der Waals surface area (Å²) in [7, 11) is 0. The first-order chi connectivity index (χ1) is 8.12. The molecule has 100 valence electrons. The van der Waals surface area contributed by atoms with E-state index >= 15 is 0 Å². The number of carbonyl (C=O) groups is 2. The van der Waals surface area contributed by atoms with Crippen molar-refractivity contribution in [1.82, 2.24) is 0 Å². The molecule has 0 aromatic carbocycles. The molecule has 0 rings (SSSR count). The summed E-state index contributed by atoms with van der Waals surface area (Å²) < 4.78 is 8.02. The molecule has 18 heavy (non-hydrogen) atoms. The van der Waals surface area contributed by atoms with Crippen molar-refractivity contribution in [2.45, 2.75) is 11.9 Å². The van der Waals surface area contributed by atoms with Crippen LogP contribution in [0.1, 0.15) is 0 Å². The Morgan fingerprint density at radius 3 is 1.33 bits per heavy atom. The minimum Gasteiger partial charge on any atom is -0.401 e. The minimum atomic E-state index is -2.87. The van der Waals surface area contributed by atoms with E-state index in [4.69, 9.17) is 20.4 Å². The molecule has 0 aliphatic heterocycles. The van der Waals surface area contributed by atoms with E-state index in [1.807, 2.05) is 0 Å². The molecule has 0 fully saturated rings. The molecular formula is C10H12O8. The summed E-state index contributed by atoms with van der Waals surface area (Å²) in [4.78, 5) is 21.9. The maximum absolute atomic E-state index is 10.9. The van der Waals surface area contributed by atoms with Gasteiger partial charge in [-0.05, 0) is 0 Å². The number of ether oxygens (including phenoxy) is 2. The third kappa shape index (κ3) is 6.55. The van der Waals surface area contributed by atoms with E-state index in [1.165, 1.54) is 0 Å². The Kier molecular flexibility index (Phi) is 5.40. The zero-order valence-electron chi connectivity index (χ0n) is 9.15. The standard InChI is InChI=1S/C10H12O8/c1-3-9(13,14)17-7(11)5-6-8(12)18-10(15,16)4-2/h3-6,13-16H,1-2H2/b6-5-. The van der Waals surface area contributed by atoms with E-state index in [0.29, 0.717) is 24.3 Å². The summed E-state index contributed by atoms with van der Waals surface area (Å²) in [5, 5.41) is 35.3. The second kappa shape index (κ2) is 6.07. The molecule has 0 saturated carbocycles. The summed E-state index contributed by atoms with van der Waals surface area (Å²) in [5.74, 6) is -8.33. The molecule has 0 atom stereocenters. The largest absolute Gasteiger partial charge is 0.401 e. The first-order valence-corrected chi connectivity index (χ1v) is 4.42. The average molecular weight is 260 g/mol. The maximum Gasteiger partial charge on any atom is 0.346 e. The molecule has 0 radical (unpaired) electrons. The van der Waals surface area contributed by atoms with Gasteiger partial charge in [0.25, 0.3) is 0 Å². The smallest absolute Gasteiger partial charge is 0.346 e. The molecule has 0 heterocycles. The lowest BCUT2D eigenvalue weighted by molar-refractivity contribution is -0.285. The summed E-state index contributed by atoms with van der Waals surface area (Å²) in [6.45, 7) is 5.94. The Morgan fingerprint density at radius 1 is 0.833 bits per heavy atom. The Balaban J connectivity index is 4.40. The van der Waals surface area contributed by atoms with Gasteiger partial charge in [0, 0.05) is 24.3 Å². The fraction of sp³-hybridized carbons (Fsp3) is 0.200. The molecular weight excluding hydrogens is 248 g/mol. The highest BCUT2D eigenvalue weighted by Gasteiger charge is 2.24. The molecule has 0 aliphatic rings. The molecule has 0 aromatic rings. The molecule has 0 saturated heterocycles. The van der Waals surface area contributed by atoms with Gasteiger partial charge in [-0.1, -0.05) is 13.2 Å². The van der Waals surface area contributed by atoms with Crippen LogP contribution in [0.5, 0.6) is 0 Å².